The van der Waals surface area contributed by atoms with Crippen molar-refractivity contribution in [1.82, 2.24) is 10.6 Å². The van der Waals surface area contributed by atoms with E-state index in [1.54, 1.807) is 28.4 Å². The van der Waals surface area contributed by atoms with Crippen LogP contribution >= 0.6 is 0 Å². The molecule has 1 aliphatic rings. The predicted molar refractivity (Wildman–Crippen MR) is 133 cm³/mol. The summed E-state index contributed by atoms with van der Waals surface area (Å²) in [6, 6.07) is 10.0. The van der Waals surface area contributed by atoms with Gasteiger partial charge in [0.2, 0.25) is 5.91 Å². The van der Waals surface area contributed by atoms with Crippen LogP contribution in [0.15, 0.2) is 30.3 Å². The van der Waals surface area contributed by atoms with Crippen molar-refractivity contribution in [2.24, 2.45) is 5.92 Å². The van der Waals surface area contributed by atoms with Crippen LogP contribution in [0.5, 0.6) is 23.0 Å². The average molecular weight is 471 g/mol. The quantitative estimate of drug-likeness (QED) is 0.575. The normalized spacial score (nSPS) is 16.3. The summed E-state index contributed by atoms with van der Waals surface area (Å²) in [4.78, 5) is 13.0. The molecule has 0 aromatic heterocycles. The summed E-state index contributed by atoms with van der Waals surface area (Å²) in [7, 11) is 6.56. The summed E-state index contributed by atoms with van der Waals surface area (Å²) in [5.74, 6) is 2.83. The highest BCUT2D eigenvalue weighted by Gasteiger charge is 2.32. The molecule has 0 spiro atoms. The number of fused-ring (bicyclic) bond motifs is 1. The Morgan fingerprint density at radius 3 is 2.21 bits per heavy atom. The summed E-state index contributed by atoms with van der Waals surface area (Å²) in [6.07, 6.45) is 1.98. The maximum Gasteiger partial charge on any atom is 0.220 e. The van der Waals surface area contributed by atoms with Crippen molar-refractivity contribution in [2.75, 3.05) is 35.0 Å². The number of benzene rings is 2. The van der Waals surface area contributed by atoms with Gasteiger partial charge in [0, 0.05) is 18.0 Å². The lowest BCUT2D eigenvalue weighted by atomic mass is 9.80. The molecule has 186 valence electrons. The molecule has 7 nitrogen and oxygen atoms in total. The van der Waals surface area contributed by atoms with Gasteiger partial charge in [0.15, 0.2) is 23.0 Å². The zero-order valence-electron chi connectivity index (χ0n) is 21.4. The Morgan fingerprint density at radius 2 is 1.59 bits per heavy atom. The van der Waals surface area contributed by atoms with Crippen LogP contribution in [0.2, 0.25) is 0 Å². The van der Waals surface area contributed by atoms with Crippen LogP contribution in [0.1, 0.15) is 49.9 Å². The number of methoxy groups -OCH3 is 4. The minimum absolute atomic E-state index is 0.0117. The highest BCUT2D eigenvalue weighted by atomic mass is 16.5. The van der Waals surface area contributed by atoms with Gasteiger partial charge in [-0.2, -0.15) is 0 Å². The van der Waals surface area contributed by atoms with Gasteiger partial charge in [0.1, 0.15) is 0 Å². The van der Waals surface area contributed by atoms with Crippen molar-refractivity contribution in [3.8, 4) is 23.0 Å². The molecule has 0 saturated heterocycles. The van der Waals surface area contributed by atoms with E-state index in [-0.39, 0.29) is 23.4 Å². The number of carbonyl (C=O) groups is 1. The number of rotatable bonds is 9. The van der Waals surface area contributed by atoms with Crippen LogP contribution in [-0.4, -0.2) is 46.4 Å². The van der Waals surface area contributed by atoms with Crippen molar-refractivity contribution >= 4 is 5.91 Å². The van der Waals surface area contributed by atoms with Gasteiger partial charge in [0.25, 0.3) is 0 Å². The summed E-state index contributed by atoms with van der Waals surface area (Å²) in [6.45, 7) is 6.83. The SMILES string of the molecule is COc1ccc(CC(CC(=O)NC(C)(C)C)[C@H]2NCCc3cc(OC)c(OC)cc32)cc1OC. The lowest BCUT2D eigenvalue weighted by Crippen LogP contribution is -2.43. The molecule has 0 radical (unpaired) electrons. The minimum atomic E-state index is -0.292. The molecular formula is C27H38N2O5. The Hall–Kier alpha value is -2.93. The first-order valence-electron chi connectivity index (χ1n) is 11.7. The number of ether oxygens (including phenoxy) is 4. The summed E-state index contributed by atoms with van der Waals surface area (Å²) in [5.41, 5.74) is 3.16. The molecule has 7 heteroatoms. The van der Waals surface area contributed by atoms with E-state index in [2.05, 4.69) is 16.7 Å². The number of carbonyl (C=O) groups excluding carboxylic acids is 1. The van der Waals surface area contributed by atoms with E-state index in [4.69, 9.17) is 18.9 Å². The second-order valence-electron chi connectivity index (χ2n) is 9.74. The first kappa shape index (κ1) is 25.7. The number of hydrogen-bond acceptors (Lipinski definition) is 6. The second-order valence-corrected chi connectivity index (χ2v) is 9.74. The molecule has 3 rings (SSSR count). The fourth-order valence-corrected chi connectivity index (χ4v) is 4.66. The molecule has 0 aliphatic carbocycles. The third-order valence-electron chi connectivity index (χ3n) is 6.12. The Labute approximate surface area is 203 Å². The fraction of sp³-hybridized carbons (Fsp3) is 0.519. The topological polar surface area (TPSA) is 78.1 Å². The monoisotopic (exact) mass is 470 g/mol. The zero-order chi connectivity index (χ0) is 24.9. The number of nitrogens with one attached hydrogen (secondary N) is 2. The van der Waals surface area contributed by atoms with Gasteiger partial charge in [0.05, 0.1) is 28.4 Å². The molecule has 2 atom stereocenters. The highest BCUT2D eigenvalue weighted by molar-refractivity contribution is 5.77. The average Bonchev–Trinajstić information content (AvgIpc) is 2.80. The first-order chi connectivity index (χ1) is 16.2. The smallest absolute Gasteiger partial charge is 0.220 e. The lowest BCUT2D eigenvalue weighted by Gasteiger charge is -2.34. The predicted octanol–water partition coefficient (Wildman–Crippen LogP) is 4.07. The van der Waals surface area contributed by atoms with E-state index < -0.39 is 0 Å². The first-order valence-corrected chi connectivity index (χ1v) is 11.7. The van der Waals surface area contributed by atoms with Crippen molar-refractivity contribution in [3.63, 3.8) is 0 Å². The maximum atomic E-state index is 13.0. The molecule has 2 aromatic rings. The van der Waals surface area contributed by atoms with Gasteiger partial charge in [-0.15, -0.1) is 0 Å². The van der Waals surface area contributed by atoms with Crippen LogP contribution in [0.4, 0.5) is 0 Å². The van der Waals surface area contributed by atoms with Crippen molar-refractivity contribution < 1.29 is 23.7 Å². The molecule has 1 amide bonds. The van der Waals surface area contributed by atoms with Crippen LogP contribution in [0.3, 0.4) is 0 Å². The Balaban J connectivity index is 1.98. The van der Waals surface area contributed by atoms with Crippen molar-refractivity contribution in [1.29, 1.82) is 0 Å². The lowest BCUT2D eigenvalue weighted by molar-refractivity contribution is -0.123. The molecule has 34 heavy (non-hydrogen) atoms. The van der Waals surface area contributed by atoms with E-state index in [0.29, 0.717) is 30.1 Å². The van der Waals surface area contributed by atoms with E-state index in [1.807, 2.05) is 45.0 Å². The van der Waals surface area contributed by atoms with E-state index in [9.17, 15) is 4.79 Å². The Bertz CT molecular complexity index is 999. The number of hydrogen-bond donors (Lipinski definition) is 2. The molecule has 1 unspecified atom stereocenters. The van der Waals surface area contributed by atoms with Gasteiger partial charge in [-0.05, 0) is 87.0 Å². The summed E-state index contributed by atoms with van der Waals surface area (Å²) >= 11 is 0. The van der Waals surface area contributed by atoms with Crippen molar-refractivity contribution in [2.45, 2.75) is 51.6 Å². The standard InChI is InChI=1S/C27H38N2O5/c1-27(2,3)29-25(30)15-19(12-17-8-9-21(31-4)22(13-17)32-5)26-20-16-24(34-7)23(33-6)14-18(20)10-11-28-26/h8-9,13-14,16,19,26,28H,10-12,15H2,1-7H3,(H,29,30)/t19?,26-/m1/s1. The third-order valence-corrected chi connectivity index (χ3v) is 6.12. The van der Waals surface area contributed by atoms with E-state index in [0.717, 1.165) is 29.8 Å². The van der Waals surface area contributed by atoms with Gasteiger partial charge in [-0.1, -0.05) is 6.07 Å². The van der Waals surface area contributed by atoms with Crippen LogP contribution in [0.25, 0.3) is 0 Å². The summed E-state index contributed by atoms with van der Waals surface area (Å²) < 4.78 is 22.0. The largest absolute Gasteiger partial charge is 0.493 e. The molecule has 2 N–H and O–H groups in total. The second kappa shape index (κ2) is 11.0. The van der Waals surface area contributed by atoms with Crippen molar-refractivity contribution in [3.05, 3.63) is 47.0 Å². The molecule has 1 heterocycles. The minimum Gasteiger partial charge on any atom is -0.493 e. The maximum absolute atomic E-state index is 13.0. The fourth-order valence-electron chi connectivity index (χ4n) is 4.66. The van der Waals surface area contributed by atoms with E-state index >= 15 is 0 Å². The molecule has 0 bridgehead atoms. The highest BCUT2D eigenvalue weighted by Crippen LogP contribution is 2.40. The van der Waals surface area contributed by atoms with Crippen LogP contribution in [0, 0.1) is 5.92 Å². The third kappa shape index (κ3) is 6.14. The molecule has 2 aromatic carbocycles. The zero-order valence-corrected chi connectivity index (χ0v) is 21.4. The van der Waals surface area contributed by atoms with Gasteiger partial charge >= 0.3 is 0 Å². The van der Waals surface area contributed by atoms with Gasteiger partial charge in [-0.3, -0.25) is 4.79 Å². The van der Waals surface area contributed by atoms with Crippen LogP contribution < -0.4 is 29.6 Å². The molecule has 1 aliphatic heterocycles. The summed E-state index contributed by atoms with van der Waals surface area (Å²) in [5, 5.41) is 6.80. The molecule has 0 fully saturated rings. The molecule has 0 saturated carbocycles. The number of amides is 1. The Morgan fingerprint density at radius 1 is 0.971 bits per heavy atom. The van der Waals surface area contributed by atoms with Gasteiger partial charge < -0.3 is 29.6 Å². The Kier molecular flexibility index (Phi) is 8.31. The van der Waals surface area contributed by atoms with Gasteiger partial charge in [-0.25, -0.2) is 0 Å². The molecular weight excluding hydrogens is 432 g/mol. The van der Waals surface area contributed by atoms with Crippen LogP contribution in [-0.2, 0) is 17.6 Å². The van der Waals surface area contributed by atoms with E-state index in [1.165, 1.54) is 5.56 Å².